The number of ether oxygens (including phenoxy) is 4. The van der Waals surface area contributed by atoms with Crippen molar-refractivity contribution in [3.8, 4) is 0 Å². The highest BCUT2D eigenvalue weighted by Crippen LogP contribution is 2.26. The van der Waals surface area contributed by atoms with Crippen molar-refractivity contribution >= 4 is 28.8 Å². The number of aryl methyl sites for hydroxylation is 1. The Hall–Kier alpha value is -3.06. The lowest BCUT2D eigenvalue weighted by molar-refractivity contribution is -0.152. The number of piperidine rings is 1. The monoisotopic (exact) mass is 493 g/mol. The molecule has 2 amide bonds. The molecule has 3 rings (SSSR count). The minimum absolute atomic E-state index is 0.0458. The first-order chi connectivity index (χ1) is 16.8. The van der Waals surface area contributed by atoms with Gasteiger partial charge in [0.1, 0.15) is 6.04 Å². The maximum Gasteiger partial charge on any atom is 0.337 e. The number of hydrogen-bond acceptors (Lipinski definition) is 8. The Labute approximate surface area is 201 Å². The Morgan fingerprint density at radius 2 is 1.71 bits per heavy atom. The minimum atomic E-state index is -1.26. The van der Waals surface area contributed by atoms with Crippen LogP contribution in [0.15, 0.2) is 23.0 Å². The molecule has 2 unspecified atom stereocenters. The highest BCUT2D eigenvalue weighted by atomic mass is 16.6. The van der Waals surface area contributed by atoms with E-state index >= 15 is 0 Å². The Morgan fingerprint density at radius 3 is 2.34 bits per heavy atom. The molecule has 0 aliphatic carbocycles. The van der Waals surface area contributed by atoms with Crippen LogP contribution in [0.25, 0.3) is 11.0 Å². The lowest BCUT2D eigenvalue weighted by Gasteiger charge is -2.22. The van der Waals surface area contributed by atoms with E-state index in [1.54, 1.807) is 18.2 Å². The number of benzene rings is 1. The van der Waals surface area contributed by atoms with Crippen LogP contribution in [0.3, 0.4) is 0 Å². The zero-order chi connectivity index (χ0) is 25.4. The van der Waals surface area contributed by atoms with Crippen molar-refractivity contribution in [2.45, 2.75) is 31.9 Å². The van der Waals surface area contributed by atoms with Crippen molar-refractivity contribution in [1.29, 1.82) is 0 Å². The zero-order valence-corrected chi connectivity index (χ0v) is 19.9. The van der Waals surface area contributed by atoms with E-state index in [-0.39, 0.29) is 32.0 Å². The number of carboxylic acid groups (broad SMARTS) is 1. The van der Waals surface area contributed by atoms with Crippen LogP contribution < -0.4 is 11.0 Å². The van der Waals surface area contributed by atoms with Gasteiger partial charge in [0, 0.05) is 20.1 Å². The molecule has 1 aromatic heterocycles. The molecule has 35 heavy (non-hydrogen) atoms. The molecular weight excluding hydrogens is 462 g/mol. The van der Waals surface area contributed by atoms with Gasteiger partial charge in [0.2, 0.25) is 11.8 Å². The molecule has 2 N–H and O–H groups in total. The molecule has 1 saturated heterocycles. The molecule has 1 fully saturated rings. The number of nitrogens with zero attached hydrogens (tertiary/aromatic N) is 2. The number of carbonyl (C=O) groups excluding carboxylic acids is 2. The summed E-state index contributed by atoms with van der Waals surface area (Å²) in [5.41, 5.74) is 0.830. The van der Waals surface area contributed by atoms with E-state index in [0.29, 0.717) is 49.6 Å². The molecule has 0 saturated carbocycles. The number of amides is 2. The van der Waals surface area contributed by atoms with E-state index in [0.717, 1.165) is 0 Å². The number of aliphatic carboxylic acids is 1. The Morgan fingerprint density at radius 1 is 1.06 bits per heavy atom. The van der Waals surface area contributed by atoms with E-state index in [2.05, 4.69) is 5.32 Å². The second-order valence-corrected chi connectivity index (χ2v) is 7.94. The summed E-state index contributed by atoms with van der Waals surface area (Å²) in [6.45, 7) is 4.51. The Balaban J connectivity index is 1.64. The van der Waals surface area contributed by atoms with E-state index < -0.39 is 29.7 Å². The molecule has 2 heterocycles. The van der Waals surface area contributed by atoms with Crippen LogP contribution in [-0.4, -0.2) is 78.3 Å². The van der Waals surface area contributed by atoms with Crippen LogP contribution in [0.5, 0.6) is 0 Å². The van der Waals surface area contributed by atoms with Crippen LogP contribution in [-0.2, 0) is 40.4 Å². The van der Waals surface area contributed by atoms with Crippen molar-refractivity contribution in [2.24, 2.45) is 7.05 Å². The van der Waals surface area contributed by atoms with E-state index in [9.17, 15) is 24.3 Å². The van der Waals surface area contributed by atoms with Crippen molar-refractivity contribution in [1.82, 2.24) is 14.5 Å². The lowest BCUT2D eigenvalue weighted by Crippen LogP contribution is -2.44. The van der Waals surface area contributed by atoms with Gasteiger partial charge in [0.05, 0.1) is 50.7 Å². The van der Waals surface area contributed by atoms with Gasteiger partial charge < -0.3 is 24.1 Å². The Kier molecular flexibility index (Phi) is 9.55. The number of rotatable bonds is 14. The first kappa shape index (κ1) is 26.5. The maximum atomic E-state index is 12.9. The van der Waals surface area contributed by atoms with Crippen molar-refractivity contribution in [3.05, 3.63) is 34.2 Å². The van der Waals surface area contributed by atoms with Gasteiger partial charge in [0.25, 0.3) is 0 Å². The fraction of sp³-hybridized carbons (Fsp3) is 0.565. The van der Waals surface area contributed by atoms with Gasteiger partial charge in [-0.15, -0.1) is 0 Å². The molecule has 1 aliphatic heterocycles. The highest BCUT2D eigenvalue weighted by Gasteiger charge is 2.31. The van der Waals surface area contributed by atoms with Crippen LogP contribution in [0.4, 0.5) is 0 Å². The van der Waals surface area contributed by atoms with Gasteiger partial charge in [-0.25, -0.2) is 9.59 Å². The van der Waals surface area contributed by atoms with Crippen LogP contribution >= 0.6 is 0 Å². The second-order valence-electron chi connectivity index (χ2n) is 7.94. The smallest absolute Gasteiger partial charge is 0.337 e. The van der Waals surface area contributed by atoms with Crippen molar-refractivity contribution in [3.63, 3.8) is 0 Å². The number of fused-ring (bicyclic) bond motifs is 1. The van der Waals surface area contributed by atoms with E-state index in [4.69, 9.17) is 18.9 Å². The summed E-state index contributed by atoms with van der Waals surface area (Å²) in [6.07, 6.45) is -0.920. The molecule has 2 aromatic rings. The second kappa shape index (κ2) is 12.6. The summed E-state index contributed by atoms with van der Waals surface area (Å²) >= 11 is 0. The highest BCUT2D eigenvalue weighted by molar-refractivity contribution is 6.00. The fourth-order valence-corrected chi connectivity index (χ4v) is 3.89. The van der Waals surface area contributed by atoms with Gasteiger partial charge >= 0.3 is 11.7 Å². The summed E-state index contributed by atoms with van der Waals surface area (Å²) in [6, 6.07) is 3.88. The normalized spacial score (nSPS) is 17.0. The largest absolute Gasteiger partial charge is 0.479 e. The molecule has 1 aliphatic rings. The summed E-state index contributed by atoms with van der Waals surface area (Å²) in [5.74, 6) is -2.09. The average Bonchev–Trinajstić information content (AvgIpc) is 3.07. The number of hydrogen-bond donors (Lipinski definition) is 2. The molecule has 12 heteroatoms. The van der Waals surface area contributed by atoms with E-state index in [1.165, 1.54) is 16.2 Å². The summed E-state index contributed by atoms with van der Waals surface area (Å²) < 4.78 is 24.1. The van der Waals surface area contributed by atoms with Gasteiger partial charge in [-0.3, -0.25) is 24.0 Å². The van der Waals surface area contributed by atoms with Gasteiger partial charge in [0.15, 0.2) is 6.10 Å². The number of carboxylic acids is 1. The molecule has 2 atom stereocenters. The first-order valence-corrected chi connectivity index (χ1v) is 11.5. The van der Waals surface area contributed by atoms with Gasteiger partial charge in [-0.2, -0.15) is 0 Å². The minimum Gasteiger partial charge on any atom is -0.479 e. The maximum absolute atomic E-state index is 12.9. The number of imide groups is 1. The van der Waals surface area contributed by atoms with Crippen LogP contribution in [0.2, 0.25) is 0 Å². The molecule has 0 radical (unpaired) electrons. The third-order valence-corrected chi connectivity index (χ3v) is 5.62. The number of imidazole rings is 1. The van der Waals surface area contributed by atoms with Crippen molar-refractivity contribution in [2.75, 3.05) is 46.2 Å². The molecule has 0 spiro atoms. The molecular formula is C23H31N3O9. The predicted octanol–water partition coefficient (Wildman–Crippen LogP) is 0.530. The summed E-state index contributed by atoms with van der Waals surface area (Å²) in [4.78, 5) is 48.5. The van der Waals surface area contributed by atoms with E-state index in [1.807, 2.05) is 6.92 Å². The summed E-state index contributed by atoms with van der Waals surface area (Å²) in [5, 5.41) is 11.9. The van der Waals surface area contributed by atoms with Crippen molar-refractivity contribution < 1.29 is 38.4 Å². The average molecular weight is 494 g/mol. The SMILES string of the molecule is CCOCCOCCOCCOC(C(=O)O)c1ccc2c(c1)n(C)c(=O)n2C1CCC(=O)NC1=O. The molecule has 1 aromatic carbocycles. The predicted molar refractivity (Wildman–Crippen MR) is 123 cm³/mol. The zero-order valence-electron chi connectivity index (χ0n) is 19.9. The molecule has 192 valence electrons. The van der Waals surface area contributed by atoms with Crippen LogP contribution in [0.1, 0.15) is 37.5 Å². The standard InChI is InChI=1S/C23H31N3O9/c1-3-32-8-9-33-10-11-34-12-13-35-20(22(29)30)15-4-5-16-18(14-15)25(2)23(31)26(16)17-6-7-19(27)24-21(17)28/h4-5,14,17,20H,3,6-13H2,1-2H3,(H,29,30)(H,24,27,28). The molecule has 12 nitrogen and oxygen atoms in total. The third-order valence-electron chi connectivity index (χ3n) is 5.62. The van der Waals surface area contributed by atoms with Gasteiger partial charge in [-0.05, 0) is 31.0 Å². The first-order valence-electron chi connectivity index (χ1n) is 11.5. The van der Waals surface area contributed by atoms with Crippen LogP contribution in [0, 0.1) is 0 Å². The number of aromatic nitrogens is 2. The van der Waals surface area contributed by atoms with Gasteiger partial charge in [-0.1, -0.05) is 6.07 Å². The topological polar surface area (TPSA) is 147 Å². The molecule has 0 bridgehead atoms. The quantitative estimate of drug-likeness (QED) is 0.284. The fourth-order valence-electron chi connectivity index (χ4n) is 3.89. The summed E-state index contributed by atoms with van der Waals surface area (Å²) in [7, 11) is 1.54. The lowest BCUT2D eigenvalue weighted by atomic mass is 10.0. The third kappa shape index (κ3) is 6.54. The Bertz CT molecular complexity index is 1110. The number of nitrogens with one attached hydrogen (secondary N) is 1. The number of carbonyl (C=O) groups is 3.